The number of aliphatic hydroxyl groups is 1. The minimum Gasteiger partial charge on any atom is -0.396 e. The minimum atomic E-state index is 0.228. The molecule has 0 aliphatic rings. The highest BCUT2D eigenvalue weighted by molar-refractivity contribution is 5.37. The molecule has 20 heavy (non-hydrogen) atoms. The van der Waals surface area contributed by atoms with Crippen molar-refractivity contribution in [2.75, 3.05) is 30.8 Å². The third-order valence-corrected chi connectivity index (χ3v) is 2.59. The standard InChI is InChI=1S/C11H18N8O/c1-12-9-16-10(14-5-3-2-4-6-20)18-11(17-9)19-8-13-7-15-19/h7-8,20H,2-6H2,1H3,(H2,12,14,16,17,18). The van der Waals surface area contributed by atoms with Crippen molar-refractivity contribution in [3.8, 4) is 5.95 Å². The highest BCUT2D eigenvalue weighted by Crippen LogP contribution is 2.08. The Labute approximate surface area is 116 Å². The number of hydrogen-bond acceptors (Lipinski definition) is 8. The van der Waals surface area contributed by atoms with Gasteiger partial charge < -0.3 is 15.7 Å². The monoisotopic (exact) mass is 278 g/mol. The fraction of sp³-hybridized carbons (Fsp3) is 0.545. The number of rotatable bonds is 8. The zero-order valence-electron chi connectivity index (χ0n) is 11.3. The Kier molecular flexibility index (Phi) is 5.18. The molecule has 0 aliphatic carbocycles. The van der Waals surface area contributed by atoms with Crippen LogP contribution in [0.1, 0.15) is 19.3 Å². The molecule has 0 radical (unpaired) electrons. The van der Waals surface area contributed by atoms with Gasteiger partial charge in [-0.3, -0.25) is 0 Å². The minimum absolute atomic E-state index is 0.228. The fourth-order valence-electron chi connectivity index (χ4n) is 1.58. The van der Waals surface area contributed by atoms with Crippen molar-refractivity contribution in [3.63, 3.8) is 0 Å². The molecule has 0 aliphatic heterocycles. The van der Waals surface area contributed by atoms with Crippen molar-refractivity contribution in [3.05, 3.63) is 12.7 Å². The largest absolute Gasteiger partial charge is 0.396 e. The molecule has 2 aromatic heterocycles. The molecular weight excluding hydrogens is 260 g/mol. The molecule has 0 amide bonds. The lowest BCUT2D eigenvalue weighted by Gasteiger charge is -2.08. The smallest absolute Gasteiger partial charge is 0.258 e. The van der Waals surface area contributed by atoms with Crippen LogP contribution in [0.3, 0.4) is 0 Å². The van der Waals surface area contributed by atoms with Crippen LogP contribution in [-0.2, 0) is 0 Å². The number of aromatic nitrogens is 6. The number of anilines is 2. The first-order valence-corrected chi connectivity index (χ1v) is 6.47. The highest BCUT2D eigenvalue weighted by atomic mass is 16.2. The maximum atomic E-state index is 8.72. The molecule has 0 fully saturated rings. The Balaban J connectivity index is 2.03. The van der Waals surface area contributed by atoms with E-state index in [1.54, 1.807) is 7.05 Å². The van der Waals surface area contributed by atoms with Crippen LogP contribution in [0.4, 0.5) is 11.9 Å². The van der Waals surface area contributed by atoms with Crippen LogP contribution in [0.2, 0.25) is 0 Å². The van der Waals surface area contributed by atoms with E-state index in [0.29, 0.717) is 17.8 Å². The van der Waals surface area contributed by atoms with Crippen LogP contribution in [0.15, 0.2) is 12.7 Å². The van der Waals surface area contributed by atoms with Gasteiger partial charge in [0.2, 0.25) is 11.9 Å². The second-order valence-electron chi connectivity index (χ2n) is 4.08. The van der Waals surface area contributed by atoms with Crippen LogP contribution in [0, 0.1) is 0 Å². The van der Waals surface area contributed by atoms with Gasteiger partial charge in [-0.1, -0.05) is 0 Å². The Morgan fingerprint density at radius 2 is 2.00 bits per heavy atom. The fourth-order valence-corrected chi connectivity index (χ4v) is 1.58. The van der Waals surface area contributed by atoms with Crippen LogP contribution < -0.4 is 10.6 Å². The number of nitrogens with zero attached hydrogens (tertiary/aromatic N) is 6. The third-order valence-electron chi connectivity index (χ3n) is 2.59. The first-order valence-electron chi connectivity index (χ1n) is 6.47. The SMILES string of the molecule is CNc1nc(NCCCCCO)nc(-n2cncn2)n1. The van der Waals surface area contributed by atoms with Crippen molar-refractivity contribution in [2.24, 2.45) is 0 Å². The molecule has 0 bridgehead atoms. The van der Waals surface area contributed by atoms with Gasteiger partial charge in [-0.2, -0.15) is 24.7 Å². The summed E-state index contributed by atoms with van der Waals surface area (Å²) >= 11 is 0. The van der Waals surface area contributed by atoms with E-state index in [-0.39, 0.29) is 6.61 Å². The maximum Gasteiger partial charge on any atom is 0.258 e. The Morgan fingerprint density at radius 3 is 2.70 bits per heavy atom. The normalized spacial score (nSPS) is 10.5. The third kappa shape index (κ3) is 3.85. The van der Waals surface area contributed by atoms with Crippen molar-refractivity contribution in [1.82, 2.24) is 29.7 Å². The van der Waals surface area contributed by atoms with Gasteiger partial charge in [0.1, 0.15) is 12.7 Å². The Hall–Kier alpha value is -2.29. The predicted molar refractivity (Wildman–Crippen MR) is 73.7 cm³/mol. The van der Waals surface area contributed by atoms with E-state index >= 15 is 0 Å². The average Bonchev–Trinajstić information content (AvgIpc) is 3.01. The topological polar surface area (TPSA) is 114 Å². The number of hydrogen-bond donors (Lipinski definition) is 3. The van der Waals surface area contributed by atoms with Gasteiger partial charge in [0.25, 0.3) is 5.95 Å². The first-order chi connectivity index (χ1) is 9.83. The van der Waals surface area contributed by atoms with Crippen molar-refractivity contribution in [1.29, 1.82) is 0 Å². The lowest BCUT2D eigenvalue weighted by molar-refractivity contribution is 0.283. The summed E-state index contributed by atoms with van der Waals surface area (Å²) in [7, 11) is 1.74. The molecule has 9 nitrogen and oxygen atoms in total. The lowest BCUT2D eigenvalue weighted by atomic mass is 10.2. The highest BCUT2D eigenvalue weighted by Gasteiger charge is 2.07. The van der Waals surface area contributed by atoms with Gasteiger partial charge in [-0.05, 0) is 19.3 Å². The van der Waals surface area contributed by atoms with Gasteiger partial charge in [-0.25, -0.2) is 4.98 Å². The average molecular weight is 278 g/mol. The van der Waals surface area contributed by atoms with Crippen LogP contribution >= 0.6 is 0 Å². The van der Waals surface area contributed by atoms with Gasteiger partial charge in [0.15, 0.2) is 0 Å². The molecule has 2 heterocycles. The summed E-state index contributed by atoms with van der Waals surface area (Å²) in [6.07, 6.45) is 5.67. The summed E-state index contributed by atoms with van der Waals surface area (Å²) in [5, 5.41) is 18.7. The maximum absolute atomic E-state index is 8.72. The second-order valence-corrected chi connectivity index (χ2v) is 4.08. The second kappa shape index (κ2) is 7.34. The molecule has 0 aromatic carbocycles. The van der Waals surface area contributed by atoms with E-state index in [9.17, 15) is 0 Å². The molecule has 0 atom stereocenters. The van der Waals surface area contributed by atoms with Crippen LogP contribution in [0.25, 0.3) is 5.95 Å². The number of aliphatic hydroxyl groups excluding tert-OH is 1. The summed E-state index contributed by atoms with van der Waals surface area (Å²) in [5.41, 5.74) is 0. The summed E-state index contributed by atoms with van der Waals surface area (Å²) < 4.78 is 1.47. The van der Waals surface area contributed by atoms with Crippen LogP contribution in [-0.4, -0.2) is 55.0 Å². The number of unbranched alkanes of at least 4 members (excludes halogenated alkanes) is 2. The Morgan fingerprint density at radius 1 is 1.15 bits per heavy atom. The van der Waals surface area contributed by atoms with Crippen molar-refractivity contribution >= 4 is 11.9 Å². The van der Waals surface area contributed by atoms with Crippen molar-refractivity contribution in [2.45, 2.75) is 19.3 Å². The Bertz CT molecular complexity index is 515. The predicted octanol–water partition coefficient (Wildman–Crippen LogP) is 0.0685. The summed E-state index contributed by atoms with van der Waals surface area (Å²) in [5.74, 6) is 1.35. The van der Waals surface area contributed by atoms with Gasteiger partial charge in [0, 0.05) is 20.2 Å². The zero-order chi connectivity index (χ0) is 14.2. The van der Waals surface area contributed by atoms with Gasteiger partial charge in [0.05, 0.1) is 0 Å². The van der Waals surface area contributed by atoms with E-state index in [0.717, 1.165) is 25.8 Å². The van der Waals surface area contributed by atoms with E-state index in [1.165, 1.54) is 17.3 Å². The molecule has 9 heteroatoms. The van der Waals surface area contributed by atoms with E-state index < -0.39 is 0 Å². The number of nitrogens with one attached hydrogen (secondary N) is 2. The molecular formula is C11H18N8O. The molecule has 108 valence electrons. The first kappa shape index (κ1) is 14.1. The molecule has 2 aromatic rings. The summed E-state index contributed by atoms with van der Waals surface area (Å²) in [4.78, 5) is 16.6. The molecule has 0 saturated carbocycles. The lowest BCUT2D eigenvalue weighted by Crippen LogP contribution is -2.12. The van der Waals surface area contributed by atoms with Gasteiger partial charge >= 0.3 is 0 Å². The van der Waals surface area contributed by atoms with E-state index in [1.807, 2.05) is 0 Å². The summed E-state index contributed by atoms with van der Waals surface area (Å²) in [6.45, 7) is 0.968. The molecule has 2 rings (SSSR count). The van der Waals surface area contributed by atoms with Crippen molar-refractivity contribution < 1.29 is 5.11 Å². The van der Waals surface area contributed by atoms with E-state index in [4.69, 9.17) is 5.11 Å². The van der Waals surface area contributed by atoms with Gasteiger partial charge in [-0.15, -0.1) is 0 Å². The molecule has 0 saturated heterocycles. The van der Waals surface area contributed by atoms with E-state index in [2.05, 4.69) is 35.7 Å². The molecule has 0 unspecified atom stereocenters. The molecule has 3 N–H and O–H groups in total. The summed E-state index contributed by atoms with van der Waals surface area (Å²) in [6, 6.07) is 0. The quantitative estimate of drug-likeness (QED) is 0.581. The zero-order valence-corrected chi connectivity index (χ0v) is 11.3. The molecule has 0 spiro atoms. The van der Waals surface area contributed by atoms with Crippen LogP contribution in [0.5, 0.6) is 0 Å².